The SMILES string of the molecule is C=C(N[C@H](CO[Si](C)(C)C(C)(C)C)[C@H](O[SH](=O)=O)c1ccccc1)OC(C)(C)C. The molecule has 0 saturated heterocycles. The molecule has 2 atom stereocenters. The summed E-state index contributed by atoms with van der Waals surface area (Å²) in [6, 6.07) is 8.71. The van der Waals surface area contributed by atoms with Crippen LogP contribution >= 0.6 is 0 Å². The zero-order valence-corrected chi connectivity index (χ0v) is 20.8. The van der Waals surface area contributed by atoms with Gasteiger partial charge in [-0.1, -0.05) is 51.1 Å². The second-order valence-electron chi connectivity index (χ2n) is 9.62. The van der Waals surface area contributed by atoms with Crippen molar-refractivity contribution < 1.29 is 21.8 Å². The van der Waals surface area contributed by atoms with Gasteiger partial charge >= 0.3 is 0 Å². The lowest BCUT2D eigenvalue weighted by Crippen LogP contribution is -2.47. The molecule has 0 spiro atoms. The van der Waals surface area contributed by atoms with E-state index < -0.39 is 37.0 Å². The molecular weight excluding hydrogens is 406 g/mol. The van der Waals surface area contributed by atoms with Gasteiger partial charge < -0.3 is 14.5 Å². The fraction of sp³-hybridized carbons (Fsp3) is 0.619. The molecule has 0 heterocycles. The van der Waals surface area contributed by atoms with Crippen molar-refractivity contribution >= 4 is 19.3 Å². The summed E-state index contributed by atoms with van der Waals surface area (Å²) < 4.78 is 40.4. The molecule has 1 rings (SSSR count). The van der Waals surface area contributed by atoms with Gasteiger partial charge in [0.05, 0.1) is 12.6 Å². The second-order valence-corrected chi connectivity index (χ2v) is 15.1. The van der Waals surface area contributed by atoms with E-state index in [0.29, 0.717) is 5.88 Å². The zero-order chi connectivity index (χ0) is 22.5. The molecular formula is C21H37NO5SSi. The highest BCUT2D eigenvalue weighted by Crippen LogP contribution is 2.37. The highest BCUT2D eigenvalue weighted by atomic mass is 32.2. The molecule has 0 unspecified atom stereocenters. The zero-order valence-electron chi connectivity index (χ0n) is 18.9. The van der Waals surface area contributed by atoms with Crippen LogP contribution in [0.15, 0.2) is 42.8 Å². The standard InChI is InChI=1S/C21H37NO5SSi/c1-16(26-20(2,3)4)22-18(15-25-29(8,9)21(5,6)7)19(27-28(23)24)17-13-11-10-12-14-17/h10-14,18-19,22,28H,1,15H2,2-9H3/t18-,19-/m1/s1. The highest BCUT2D eigenvalue weighted by molar-refractivity contribution is 7.67. The van der Waals surface area contributed by atoms with E-state index in [0.717, 1.165) is 5.56 Å². The van der Waals surface area contributed by atoms with Gasteiger partial charge in [0.15, 0.2) is 14.2 Å². The van der Waals surface area contributed by atoms with Crippen LogP contribution in [0.2, 0.25) is 18.1 Å². The smallest absolute Gasteiger partial charge is 0.257 e. The highest BCUT2D eigenvalue weighted by Gasteiger charge is 2.39. The van der Waals surface area contributed by atoms with E-state index in [1.165, 1.54) is 0 Å². The number of rotatable bonds is 10. The van der Waals surface area contributed by atoms with Gasteiger partial charge in [-0.2, -0.15) is 0 Å². The summed E-state index contributed by atoms with van der Waals surface area (Å²) in [5, 5.41) is 3.21. The summed E-state index contributed by atoms with van der Waals surface area (Å²) in [6.07, 6.45) is -0.776. The average molecular weight is 444 g/mol. The van der Waals surface area contributed by atoms with E-state index in [9.17, 15) is 8.42 Å². The first-order chi connectivity index (χ1) is 13.1. The lowest BCUT2D eigenvalue weighted by atomic mass is 10.0. The Labute approximate surface area is 178 Å². The van der Waals surface area contributed by atoms with Gasteiger partial charge in [-0.05, 0) is 51.0 Å². The van der Waals surface area contributed by atoms with Crippen LogP contribution in [0, 0.1) is 0 Å². The number of thiol groups is 1. The first-order valence-electron chi connectivity index (χ1n) is 9.77. The topological polar surface area (TPSA) is 73.9 Å². The van der Waals surface area contributed by atoms with Crippen molar-refractivity contribution in [2.24, 2.45) is 0 Å². The summed E-state index contributed by atoms with van der Waals surface area (Å²) >= 11 is 0. The van der Waals surface area contributed by atoms with Crippen molar-refractivity contribution in [3.8, 4) is 0 Å². The van der Waals surface area contributed by atoms with Crippen LogP contribution in [0.4, 0.5) is 0 Å². The van der Waals surface area contributed by atoms with Gasteiger partial charge in [-0.25, -0.2) is 8.42 Å². The molecule has 1 aromatic carbocycles. The first kappa shape index (κ1) is 25.7. The van der Waals surface area contributed by atoms with Gasteiger partial charge in [0.2, 0.25) is 0 Å². The molecule has 0 aliphatic rings. The number of hydrogen-bond acceptors (Lipinski definition) is 6. The maximum Gasteiger partial charge on any atom is 0.257 e. The molecule has 8 heteroatoms. The lowest BCUT2D eigenvalue weighted by molar-refractivity contribution is 0.0265. The molecule has 29 heavy (non-hydrogen) atoms. The van der Waals surface area contributed by atoms with E-state index in [2.05, 4.69) is 45.8 Å². The first-order valence-corrected chi connectivity index (χ1v) is 13.8. The Kier molecular flexibility index (Phi) is 8.95. The van der Waals surface area contributed by atoms with Crippen molar-refractivity contribution in [1.82, 2.24) is 5.32 Å². The Morgan fingerprint density at radius 1 is 1.10 bits per heavy atom. The van der Waals surface area contributed by atoms with E-state index in [1.807, 2.05) is 51.1 Å². The van der Waals surface area contributed by atoms with Gasteiger partial charge in [-0.15, -0.1) is 0 Å². The predicted molar refractivity (Wildman–Crippen MR) is 121 cm³/mol. The maximum absolute atomic E-state index is 11.5. The molecule has 1 aromatic rings. The molecule has 0 aliphatic carbocycles. The van der Waals surface area contributed by atoms with Gasteiger partial charge in [-0.3, -0.25) is 4.18 Å². The van der Waals surface area contributed by atoms with Crippen molar-refractivity contribution in [2.45, 2.75) is 77.4 Å². The minimum Gasteiger partial charge on any atom is -0.474 e. The molecule has 0 aliphatic heterocycles. The summed E-state index contributed by atoms with van der Waals surface area (Å²) in [5.74, 6) is 0.340. The number of hydrogen-bond donors (Lipinski definition) is 2. The monoisotopic (exact) mass is 443 g/mol. The fourth-order valence-corrected chi connectivity index (χ4v) is 3.91. The van der Waals surface area contributed by atoms with Gasteiger partial charge in [0.25, 0.3) is 11.0 Å². The van der Waals surface area contributed by atoms with Crippen LogP contribution in [0.5, 0.6) is 0 Å². The van der Waals surface area contributed by atoms with Crippen LogP contribution in [0.1, 0.15) is 53.2 Å². The Morgan fingerprint density at radius 2 is 1.66 bits per heavy atom. The fourth-order valence-electron chi connectivity index (χ4n) is 2.43. The largest absolute Gasteiger partial charge is 0.474 e. The predicted octanol–water partition coefficient (Wildman–Crippen LogP) is 4.54. The molecule has 0 fully saturated rings. The molecule has 166 valence electrons. The van der Waals surface area contributed by atoms with Crippen molar-refractivity contribution in [1.29, 1.82) is 0 Å². The molecule has 0 amide bonds. The molecule has 0 aromatic heterocycles. The van der Waals surface area contributed by atoms with Crippen LogP contribution in [0.25, 0.3) is 0 Å². The summed E-state index contributed by atoms with van der Waals surface area (Å²) in [4.78, 5) is 0. The quantitative estimate of drug-likeness (QED) is 0.314. The van der Waals surface area contributed by atoms with Crippen molar-refractivity contribution in [3.05, 3.63) is 48.4 Å². The average Bonchev–Trinajstić information content (AvgIpc) is 2.54. The molecule has 6 nitrogen and oxygen atoms in total. The van der Waals surface area contributed by atoms with E-state index in [4.69, 9.17) is 13.3 Å². The van der Waals surface area contributed by atoms with Gasteiger partial charge in [0.1, 0.15) is 11.7 Å². The Bertz CT molecular complexity index is 728. The Balaban J connectivity index is 3.19. The number of ether oxygens (including phenoxy) is 1. The third-order valence-corrected chi connectivity index (χ3v) is 9.80. The Hall–Kier alpha value is -1.35. The number of nitrogens with one attached hydrogen (secondary N) is 1. The molecule has 0 radical (unpaired) electrons. The normalized spacial score (nSPS) is 15.1. The third kappa shape index (κ3) is 8.90. The molecule has 1 N–H and O–H groups in total. The van der Waals surface area contributed by atoms with Crippen LogP contribution in [-0.4, -0.2) is 35.0 Å². The van der Waals surface area contributed by atoms with E-state index in [1.54, 1.807) is 0 Å². The third-order valence-electron chi connectivity index (χ3n) is 4.90. The van der Waals surface area contributed by atoms with Crippen LogP contribution in [-0.2, 0) is 24.3 Å². The molecule has 0 bridgehead atoms. The maximum atomic E-state index is 11.5. The minimum atomic E-state index is -3.06. The van der Waals surface area contributed by atoms with Crippen molar-refractivity contribution in [3.63, 3.8) is 0 Å². The minimum absolute atomic E-state index is 0.0171. The molecule has 0 saturated carbocycles. The Morgan fingerprint density at radius 3 is 2.10 bits per heavy atom. The lowest BCUT2D eigenvalue weighted by Gasteiger charge is -2.38. The van der Waals surface area contributed by atoms with Crippen molar-refractivity contribution in [2.75, 3.05) is 6.61 Å². The second kappa shape index (κ2) is 10.1. The van der Waals surface area contributed by atoms with E-state index >= 15 is 0 Å². The van der Waals surface area contributed by atoms with Crippen LogP contribution in [0.3, 0.4) is 0 Å². The van der Waals surface area contributed by atoms with E-state index in [-0.39, 0.29) is 11.6 Å². The van der Waals surface area contributed by atoms with Gasteiger partial charge in [0, 0.05) is 0 Å². The number of benzene rings is 1. The summed E-state index contributed by atoms with van der Waals surface area (Å²) in [5.41, 5.74) is 0.286. The summed E-state index contributed by atoms with van der Waals surface area (Å²) in [7, 11) is -5.13. The van der Waals surface area contributed by atoms with Crippen LogP contribution < -0.4 is 5.32 Å². The summed E-state index contributed by atoms with van der Waals surface area (Å²) in [6.45, 7) is 20.7.